The molecule has 2 atom stereocenters. The highest BCUT2D eigenvalue weighted by Crippen LogP contribution is 2.26. The third-order valence-electron chi connectivity index (χ3n) is 3.33. The molecule has 0 aromatic rings. The van der Waals surface area contributed by atoms with Gasteiger partial charge in [0.05, 0.1) is 6.61 Å². The van der Waals surface area contributed by atoms with E-state index in [2.05, 4.69) is 32.6 Å². The van der Waals surface area contributed by atoms with Gasteiger partial charge in [0.2, 0.25) is 0 Å². The van der Waals surface area contributed by atoms with Gasteiger partial charge in [-0.05, 0) is 37.3 Å². The molecule has 0 bridgehead atoms. The summed E-state index contributed by atoms with van der Waals surface area (Å²) in [6, 6.07) is 0.414. The monoisotopic (exact) mass is 199 g/mol. The van der Waals surface area contributed by atoms with Crippen molar-refractivity contribution in [1.29, 1.82) is 0 Å². The first-order valence-corrected chi connectivity index (χ1v) is 5.79. The summed E-state index contributed by atoms with van der Waals surface area (Å²) in [5.74, 6) is 0.667. The number of aliphatic hydroxyl groups excluding tert-OH is 1. The van der Waals surface area contributed by atoms with E-state index < -0.39 is 0 Å². The molecule has 1 aliphatic rings. The fraction of sp³-hybridized carbons (Fsp3) is 1.00. The highest BCUT2D eigenvalue weighted by Gasteiger charge is 2.30. The molecular weight excluding hydrogens is 174 g/mol. The molecular formula is C12H25NO. The number of hydrogen-bond acceptors (Lipinski definition) is 2. The smallest absolute Gasteiger partial charge is 0.0589 e. The number of hydrogen-bond donors (Lipinski definition) is 1. The lowest BCUT2D eigenvalue weighted by Crippen LogP contribution is -2.37. The minimum atomic E-state index is 0.325. The molecule has 1 aliphatic heterocycles. The fourth-order valence-electron chi connectivity index (χ4n) is 2.14. The third kappa shape index (κ3) is 3.25. The van der Waals surface area contributed by atoms with Gasteiger partial charge in [0.25, 0.3) is 0 Å². The van der Waals surface area contributed by atoms with Gasteiger partial charge in [0.1, 0.15) is 0 Å². The zero-order chi connectivity index (χ0) is 10.8. The fourth-order valence-corrected chi connectivity index (χ4v) is 2.14. The van der Waals surface area contributed by atoms with E-state index in [9.17, 15) is 5.11 Å². The van der Waals surface area contributed by atoms with E-state index in [1.54, 1.807) is 0 Å². The number of rotatable bonds is 3. The van der Waals surface area contributed by atoms with Crippen LogP contribution in [0.4, 0.5) is 0 Å². The molecule has 1 saturated heterocycles. The minimum absolute atomic E-state index is 0.325. The van der Waals surface area contributed by atoms with E-state index in [1.807, 2.05) is 0 Å². The van der Waals surface area contributed by atoms with Crippen LogP contribution in [0.1, 0.15) is 40.5 Å². The van der Waals surface area contributed by atoms with Crippen LogP contribution in [0.15, 0.2) is 0 Å². The molecule has 0 saturated carbocycles. The molecule has 1 rings (SSSR count). The van der Waals surface area contributed by atoms with E-state index >= 15 is 0 Å². The number of likely N-dealkylation sites (tertiary alicyclic amines) is 1. The second-order valence-corrected chi connectivity index (χ2v) is 5.86. The zero-order valence-corrected chi connectivity index (χ0v) is 10.1. The van der Waals surface area contributed by atoms with E-state index in [1.165, 1.54) is 19.4 Å². The van der Waals surface area contributed by atoms with Gasteiger partial charge >= 0.3 is 0 Å². The second-order valence-electron chi connectivity index (χ2n) is 5.86. The first-order valence-electron chi connectivity index (χ1n) is 5.79. The summed E-state index contributed by atoms with van der Waals surface area (Å²) in [6.45, 7) is 11.7. The van der Waals surface area contributed by atoms with E-state index in [4.69, 9.17) is 0 Å². The van der Waals surface area contributed by atoms with Crippen LogP contribution in [0.3, 0.4) is 0 Å². The largest absolute Gasteiger partial charge is 0.395 e. The summed E-state index contributed by atoms with van der Waals surface area (Å²) >= 11 is 0. The van der Waals surface area contributed by atoms with Crippen molar-refractivity contribution in [3.63, 3.8) is 0 Å². The van der Waals surface area contributed by atoms with Gasteiger partial charge in [-0.25, -0.2) is 0 Å². The Balaban J connectivity index is 2.38. The maximum Gasteiger partial charge on any atom is 0.0589 e. The number of nitrogens with zero attached hydrogens (tertiary/aromatic N) is 1. The molecule has 2 heteroatoms. The standard InChI is InChI=1S/C12H25NO/c1-10-5-7-13(11(10)9-14)8-6-12(2,3)4/h10-11,14H,5-9H2,1-4H3. The average Bonchev–Trinajstić information content (AvgIpc) is 2.41. The van der Waals surface area contributed by atoms with Crippen LogP contribution in [-0.4, -0.2) is 35.7 Å². The molecule has 2 nitrogen and oxygen atoms in total. The second kappa shape index (κ2) is 4.63. The van der Waals surface area contributed by atoms with Crippen molar-refractivity contribution < 1.29 is 5.11 Å². The maximum absolute atomic E-state index is 9.29. The lowest BCUT2D eigenvalue weighted by molar-refractivity contribution is 0.127. The van der Waals surface area contributed by atoms with Crippen LogP contribution < -0.4 is 0 Å². The Hall–Kier alpha value is -0.0800. The molecule has 1 fully saturated rings. The molecule has 1 N–H and O–H groups in total. The topological polar surface area (TPSA) is 23.5 Å². The lowest BCUT2D eigenvalue weighted by Gasteiger charge is -2.28. The van der Waals surface area contributed by atoms with Crippen LogP contribution in [0.25, 0.3) is 0 Å². The van der Waals surface area contributed by atoms with Gasteiger partial charge in [-0.2, -0.15) is 0 Å². The summed E-state index contributed by atoms with van der Waals surface area (Å²) in [5.41, 5.74) is 0.409. The molecule has 0 amide bonds. The Labute approximate surface area is 88.3 Å². The van der Waals surface area contributed by atoms with Gasteiger partial charge in [-0.15, -0.1) is 0 Å². The summed E-state index contributed by atoms with van der Waals surface area (Å²) in [4.78, 5) is 2.45. The molecule has 84 valence electrons. The van der Waals surface area contributed by atoms with Crippen molar-refractivity contribution in [2.75, 3.05) is 19.7 Å². The highest BCUT2D eigenvalue weighted by molar-refractivity contribution is 4.84. The summed E-state index contributed by atoms with van der Waals surface area (Å²) in [6.07, 6.45) is 2.46. The molecule has 0 radical (unpaired) electrons. The predicted molar refractivity (Wildman–Crippen MR) is 60.3 cm³/mol. The third-order valence-corrected chi connectivity index (χ3v) is 3.33. The van der Waals surface area contributed by atoms with Crippen LogP contribution in [-0.2, 0) is 0 Å². The molecule has 2 unspecified atom stereocenters. The molecule has 0 aliphatic carbocycles. The van der Waals surface area contributed by atoms with Crippen molar-refractivity contribution in [3.8, 4) is 0 Å². The van der Waals surface area contributed by atoms with Crippen LogP contribution in [0.5, 0.6) is 0 Å². The van der Waals surface area contributed by atoms with Gasteiger partial charge in [-0.1, -0.05) is 27.7 Å². The van der Waals surface area contributed by atoms with E-state index in [0.29, 0.717) is 24.0 Å². The summed E-state index contributed by atoms with van der Waals surface area (Å²) < 4.78 is 0. The Morgan fingerprint density at radius 2 is 2.00 bits per heavy atom. The molecule has 0 spiro atoms. The van der Waals surface area contributed by atoms with Crippen molar-refractivity contribution in [2.45, 2.75) is 46.6 Å². The maximum atomic E-state index is 9.29. The highest BCUT2D eigenvalue weighted by atomic mass is 16.3. The summed E-state index contributed by atoms with van der Waals surface area (Å²) in [7, 11) is 0. The lowest BCUT2D eigenvalue weighted by atomic mass is 9.92. The first kappa shape index (κ1) is 12.0. The molecule has 1 heterocycles. The van der Waals surface area contributed by atoms with Crippen molar-refractivity contribution >= 4 is 0 Å². The van der Waals surface area contributed by atoms with Crippen LogP contribution >= 0.6 is 0 Å². The predicted octanol–water partition coefficient (Wildman–Crippen LogP) is 2.13. The molecule has 0 aromatic heterocycles. The number of aliphatic hydroxyl groups is 1. The van der Waals surface area contributed by atoms with E-state index in [-0.39, 0.29) is 0 Å². The first-order chi connectivity index (χ1) is 6.44. The van der Waals surface area contributed by atoms with Gasteiger partial charge in [0.15, 0.2) is 0 Å². The Kier molecular flexibility index (Phi) is 3.96. The van der Waals surface area contributed by atoms with Crippen molar-refractivity contribution in [1.82, 2.24) is 4.90 Å². The van der Waals surface area contributed by atoms with Gasteiger partial charge in [-0.3, -0.25) is 4.90 Å². The Morgan fingerprint density at radius 1 is 1.36 bits per heavy atom. The van der Waals surface area contributed by atoms with E-state index in [0.717, 1.165) is 6.54 Å². The quantitative estimate of drug-likeness (QED) is 0.752. The summed E-state index contributed by atoms with van der Waals surface area (Å²) in [5, 5.41) is 9.29. The SMILES string of the molecule is CC1CCN(CCC(C)(C)C)C1CO. The Bertz CT molecular complexity index is 174. The normalized spacial score (nSPS) is 29.8. The molecule has 14 heavy (non-hydrogen) atoms. The minimum Gasteiger partial charge on any atom is -0.395 e. The molecule has 0 aromatic carbocycles. The van der Waals surface area contributed by atoms with Crippen molar-refractivity contribution in [2.24, 2.45) is 11.3 Å². The van der Waals surface area contributed by atoms with Crippen LogP contribution in [0, 0.1) is 11.3 Å². The van der Waals surface area contributed by atoms with Gasteiger partial charge in [0, 0.05) is 6.04 Å². The Morgan fingerprint density at radius 3 is 2.50 bits per heavy atom. The zero-order valence-electron chi connectivity index (χ0n) is 10.1. The van der Waals surface area contributed by atoms with Crippen LogP contribution in [0.2, 0.25) is 0 Å². The van der Waals surface area contributed by atoms with Crippen molar-refractivity contribution in [3.05, 3.63) is 0 Å². The average molecular weight is 199 g/mol. The van der Waals surface area contributed by atoms with Gasteiger partial charge < -0.3 is 5.11 Å².